The predicted octanol–water partition coefficient (Wildman–Crippen LogP) is -0.115. The first-order chi connectivity index (χ1) is 11.5. The van der Waals surface area contributed by atoms with Crippen LogP contribution in [0.4, 0.5) is 0 Å². The van der Waals surface area contributed by atoms with Crippen molar-refractivity contribution in [1.82, 2.24) is 14.8 Å². The molecular formula is C16H19N3O5. The van der Waals surface area contributed by atoms with Crippen LogP contribution in [0.15, 0.2) is 24.4 Å². The minimum absolute atomic E-state index is 0.00877. The van der Waals surface area contributed by atoms with Gasteiger partial charge in [0.15, 0.2) is 0 Å². The Morgan fingerprint density at radius 2 is 2.12 bits per heavy atom. The molecule has 0 spiro atoms. The molecule has 2 fully saturated rings. The summed E-state index contributed by atoms with van der Waals surface area (Å²) in [5, 5.41) is 8.70. The molecule has 1 aromatic heterocycles. The Bertz CT molecular complexity index is 636. The minimum atomic E-state index is -0.997. The number of rotatable bonds is 5. The third-order valence-electron chi connectivity index (χ3n) is 4.34. The Morgan fingerprint density at radius 3 is 2.83 bits per heavy atom. The van der Waals surface area contributed by atoms with E-state index in [1.807, 2.05) is 18.2 Å². The van der Waals surface area contributed by atoms with Crippen molar-refractivity contribution in [3.63, 3.8) is 0 Å². The van der Waals surface area contributed by atoms with Gasteiger partial charge >= 0.3 is 5.97 Å². The van der Waals surface area contributed by atoms with Gasteiger partial charge < -0.3 is 19.6 Å². The van der Waals surface area contributed by atoms with Crippen molar-refractivity contribution in [1.29, 1.82) is 0 Å². The topological polar surface area (TPSA) is 100 Å². The molecule has 1 N–H and O–H groups in total. The van der Waals surface area contributed by atoms with Crippen molar-refractivity contribution in [2.45, 2.75) is 31.5 Å². The maximum atomic E-state index is 12.2. The molecule has 2 aliphatic rings. The smallest absolute Gasteiger partial charge is 0.303 e. The lowest BCUT2D eigenvalue weighted by Gasteiger charge is -2.36. The fourth-order valence-corrected chi connectivity index (χ4v) is 3.11. The molecule has 1 aromatic rings. The molecule has 3 heterocycles. The number of likely N-dealkylation sites (tertiary alicyclic amines) is 1. The zero-order valence-corrected chi connectivity index (χ0v) is 13.1. The van der Waals surface area contributed by atoms with Crippen molar-refractivity contribution in [3.05, 3.63) is 30.1 Å². The molecule has 0 unspecified atom stereocenters. The number of fused-ring (bicyclic) bond motifs is 1. The second kappa shape index (κ2) is 6.96. The van der Waals surface area contributed by atoms with E-state index in [-0.39, 0.29) is 43.4 Å². The van der Waals surface area contributed by atoms with E-state index in [0.29, 0.717) is 19.6 Å². The van der Waals surface area contributed by atoms with Crippen molar-refractivity contribution >= 4 is 17.8 Å². The Balaban J connectivity index is 1.67. The van der Waals surface area contributed by atoms with Crippen LogP contribution in [0.5, 0.6) is 0 Å². The zero-order chi connectivity index (χ0) is 17.1. The summed E-state index contributed by atoms with van der Waals surface area (Å²) < 4.78 is 5.57. The number of aromatic nitrogens is 1. The van der Waals surface area contributed by atoms with Crippen LogP contribution in [-0.2, 0) is 25.7 Å². The summed E-state index contributed by atoms with van der Waals surface area (Å²) in [7, 11) is 0. The molecule has 8 heteroatoms. The van der Waals surface area contributed by atoms with Crippen molar-refractivity contribution < 1.29 is 24.2 Å². The first kappa shape index (κ1) is 16.4. The summed E-state index contributed by atoms with van der Waals surface area (Å²) in [5.74, 6) is -1.34. The van der Waals surface area contributed by atoms with Gasteiger partial charge in [-0.2, -0.15) is 0 Å². The Labute approximate surface area is 139 Å². The monoisotopic (exact) mass is 333 g/mol. The van der Waals surface area contributed by atoms with Crippen LogP contribution in [0.3, 0.4) is 0 Å². The highest BCUT2D eigenvalue weighted by Crippen LogP contribution is 2.25. The lowest BCUT2D eigenvalue weighted by atomic mass is 10.1. The van der Waals surface area contributed by atoms with Crippen molar-refractivity contribution in [2.24, 2.45) is 0 Å². The Kier molecular flexibility index (Phi) is 4.75. The number of hydrogen-bond donors (Lipinski definition) is 1. The van der Waals surface area contributed by atoms with Crippen LogP contribution in [0.1, 0.15) is 18.5 Å². The maximum absolute atomic E-state index is 12.2. The van der Waals surface area contributed by atoms with Gasteiger partial charge in [0.2, 0.25) is 11.8 Å². The molecule has 0 bridgehead atoms. The van der Waals surface area contributed by atoms with Gasteiger partial charge in [0.05, 0.1) is 30.8 Å². The van der Waals surface area contributed by atoms with Gasteiger partial charge in [-0.25, -0.2) is 0 Å². The summed E-state index contributed by atoms with van der Waals surface area (Å²) in [6.45, 7) is 1.11. The van der Waals surface area contributed by atoms with Gasteiger partial charge in [-0.3, -0.25) is 19.4 Å². The highest BCUT2D eigenvalue weighted by molar-refractivity contribution is 5.82. The molecule has 0 saturated carbocycles. The summed E-state index contributed by atoms with van der Waals surface area (Å²) >= 11 is 0. The summed E-state index contributed by atoms with van der Waals surface area (Å²) in [6.07, 6.45) is 1.21. The molecule has 128 valence electrons. The van der Waals surface area contributed by atoms with E-state index in [2.05, 4.69) is 4.98 Å². The van der Waals surface area contributed by atoms with Gasteiger partial charge in [0, 0.05) is 25.7 Å². The van der Waals surface area contributed by atoms with Crippen LogP contribution in [0, 0.1) is 0 Å². The molecule has 2 atom stereocenters. The van der Waals surface area contributed by atoms with Crippen LogP contribution in [-0.4, -0.2) is 69.5 Å². The van der Waals surface area contributed by atoms with Crippen LogP contribution in [0.25, 0.3) is 0 Å². The van der Waals surface area contributed by atoms with E-state index in [9.17, 15) is 14.4 Å². The molecular weight excluding hydrogens is 314 g/mol. The van der Waals surface area contributed by atoms with Gasteiger partial charge in [-0.1, -0.05) is 6.07 Å². The zero-order valence-electron chi connectivity index (χ0n) is 13.1. The number of carboxylic acids is 1. The SMILES string of the molecule is O=C(O)CCC(=O)N1C[C@@H]2OCC(=O)N(Cc3ccccn3)[C@@H]2C1. The summed E-state index contributed by atoms with van der Waals surface area (Å²) in [4.78, 5) is 42.5. The summed E-state index contributed by atoms with van der Waals surface area (Å²) in [6, 6.07) is 5.30. The molecule has 3 rings (SSSR count). The maximum Gasteiger partial charge on any atom is 0.303 e. The van der Waals surface area contributed by atoms with Crippen molar-refractivity contribution in [2.75, 3.05) is 19.7 Å². The molecule has 0 radical (unpaired) electrons. The quantitative estimate of drug-likeness (QED) is 0.807. The molecule has 0 aliphatic carbocycles. The highest BCUT2D eigenvalue weighted by Gasteiger charge is 2.44. The van der Waals surface area contributed by atoms with Crippen LogP contribution >= 0.6 is 0 Å². The number of carboxylic acid groups (broad SMARTS) is 1. The number of aliphatic carboxylic acids is 1. The third kappa shape index (κ3) is 3.53. The number of nitrogens with zero attached hydrogens (tertiary/aromatic N) is 3. The second-order valence-corrected chi connectivity index (χ2v) is 5.95. The standard InChI is InChI=1S/C16H19N3O5/c20-14(4-5-16(22)23)18-8-12-13(9-18)24-10-15(21)19(12)7-11-3-1-2-6-17-11/h1-3,6,12-13H,4-5,7-10H2,(H,22,23)/t12-,13+/m1/s1. The van der Waals surface area contributed by atoms with Crippen molar-refractivity contribution in [3.8, 4) is 0 Å². The van der Waals surface area contributed by atoms with Gasteiger partial charge in [0.25, 0.3) is 0 Å². The average molecular weight is 333 g/mol. The molecule has 2 saturated heterocycles. The Morgan fingerprint density at radius 1 is 1.29 bits per heavy atom. The lowest BCUT2D eigenvalue weighted by Crippen LogP contribution is -2.53. The van der Waals surface area contributed by atoms with Gasteiger partial charge in [-0.15, -0.1) is 0 Å². The fourth-order valence-electron chi connectivity index (χ4n) is 3.11. The molecule has 2 amide bonds. The second-order valence-electron chi connectivity index (χ2n) is 5.95. The number of morpholine rings is 1. The van der Waals surface area contributed by atoms with Gasteiger partial charge in [0.1, 0.15) is 6.61 Å². The van der Waals surface area contributed by atoms with E-state index < -0.39 is 5.97 Å². The van der Waals surface area contributed by atoms with E-state index in [0.717, 1.165) is 5.69 Å². The number of carbonyl (C=O) groups excluding carboxylic acids is 2. The molecule has 0 aromatic carbocycles. The number of amides is 2. The molecule has 24 heavy (non-hydrogen) atoms. The van der Waals surface area contributed by atoms with E-state index in [4.69, 9.17) is 9.84 Å². The number of hydrogen-bond acceptors (Lipinski definition) is 5. The third-order valence-corrected chi connectivity index (χ3v) is 4.34. The van der Waals surface area contributed by atoms with E-state index in [1.54, 1.807) is 16.0 Å². The lowest BCUT2D eigenvalue weighted by molar-refractivity contribution is -0.154. The largest absolute Gasteiger partial charge is 0.481 e. The van der Waals surface area contributed by atoms with Crippen LogP contribution < -0.4 is 0 Å². The fraction of sp³-hybridized carbons (Fsp3) is 0.500. The number of pyridine rings is 1. The van der Waals surface area contributed by atoms with Crippen LogP contribution in [0.2, 0.25) is 0 Å². The van der Waals surface area contributed by atoms with Gasteiger partial charge in [-0.05, 0) is 12.1 Å². The molecule has 8 nitrogen and oxygen atoms in total. The average Bonchev–Trinajstić information content (AvgIpc) is 3.01. The van der Waals surface area contributed by atoms with E-state index >= 15 is 0 Å². The Hall–Kier alpha value is -2.48. The van der Waals surface area contributed by atoms with E-state index in [1.165, 1.54) is 0 Å². The highest BCUT2D eigenvalue weighted by atomic mass is 16.5. The first-order valence-corrected chi connectivity index (χ1v) is 7.85. The number of ether oxygens (including phenoxy) is 1. The minimum Gasteiger partial charge on any atom is -0.481 e. The molecule has 2 aliphatic heterocycles. The normalized spacial score (nSPS) is 23.2. The summed E-state index contributed by atoms with van der Waals surface area (Å²) in [5.41, 5.74) is 0.780. The predicted molar refractivity (Wildman–Crippen MR) is 81.8 cm³/mol. The number of carbonyl (C=O) groups is 3. The first-order valence-electron chi connectivity index (χ1n) is 7.85.